The number of hydrogen-bond acceptors (Lipinski definition) is 3. The molecule has 0 aromatic heterocycles. The summed E-state index contributed by atoms with van der Waals surface area (Å²) in [6.45, 7) is 0.151. The van der Waals surface area contributed by atoms with Crippen LogP contribution in [0.25, 0.3) is 0 Å². The average Bonchev–Trinajstić information content (AvgIpc) is 2.26. The fourth-order valence-electron chi connectivity index (χ4n) is 1.32. The van der Waals surface area contributed by atoms with E-state index >= 15 is 0 Å². The van der Waals surface area contributed by atoms with Crippen molar-refractivity contribution in [3.05, 3.63) is 29.8 Å². The van der Waals surface area contributed by atoms with Crippen LogP contribution in [0.3, 0.4) is 0 Å². The van der Waals surface area contributed by atoms with Gasteiger partial charge in [-0.1, -0.05) is 12.1 Å². The van der Waals surface area contributed by atoms with Crippen molar-refractivity contribution in [1.82, 2.24) is 4.31 Å². The van der Waals surface area contributed by atoms with Crippen molar-refractivity contribution in [2.24, 2.45) is 0 Å². The molecule has 0 spiro atoms. The third-order valence-corrected chi connectivity index (χ3v) is 4.15. The highest BCUT2D eigenvalue weighted by Gasteiger charge is 2.16. The summed E-state index contributed by atoms with van der Waals surface area (Å²) in [5.41, 5.74) is 1.03. The molecule has 4 nitrogen and oxygen atoms in total. The van der Waals surface area contributed by atoms with Crippen molar-refractivity contribution in [3.63, 3.8) is 0 Å². The van der Waals surface area contributed by atoms with Gasteiger partial charge in [-0.05, 0) is 30.5 Å². The summed E-state index contributed by atoms with van der Waals surface area (Å²) in [4.78, 5) is 0.297. The van der Waals surface area contributed by atoms with Crippen LogP contribution in [0.15, 0.2) is 29.2 Å². The molecule has 5 heteroatoms. The zero-order valence-corrected chi connectivity index (χ0v) is 10.4. The number of aryl methyl sites for hydroxylation is 1. The lowest BCUT2D eigenvalue weighted by Gasteiger charge is -2.11. The molecule has 0 amide bonds. The number of benzene rings is 1. The van der Waals surface area contributed by atoms with E-state index in [1.807, 2.05) is 0 Å². The first-order valence-corrected chi connectivity index (χ1v) is 6.55. The van der Waals surface area contributed by atoms with Gasteiger partial charge in [0.1, 0.15) is 0 Å². The van der Waals surface area contributed by atoms with Crippen LogP contribution >= 0.6 is 0 Å². The first-order valence-electron chi connectivity index (χ1n) is 5.11. The molecule has 16 heavy (non-hydrogen) atoms. The fourth-order valence-corrected chi connectivity index (χ4v) is 2.22. The molecular weight excluding hydrogens is 226 g/mol. The predicted molar refractivity (Wildman–Crippen MR) is 62.7 cm³/mol. The van der Waals surface area contributed by atoms with Crippen LogP contribution in [-0.2, 0) is 16.4 Å². The van der Waals surface area contributed by atoms with Gasteiger partial charge in [-0.15, -0.1) is 0 Å². The number of hydrogen-bond donors (Lipinski definition) is 1. The van der Waals surface area contributed by atoms with Crippen molar-refractivity contribution in [2.75, 3.05) is 20.7 Å². The smallest absolute Gasteiger partial charge is 0.242 e. The Bertz CT molecular complexity index is 423. The van der Waals surface area contributed by atoms with E-state index in [1.54, 1.807) is 24.3 Å². The summed E-state index contributed by atoms with van der Waals surface area (Å²) in [7, 11) is -0.312. The van der Waals surface area contributed by atoms with E-state index in [-0.39, 0.29) is 6.61 Å². The van der Waals surface area contributed by atoms with Gasteiger partial charge in [-0.2, -0.15) is 0 Å². The highest BCUT2D eigenvalue weighted by atomic mass is 32.2. The van der Waals surface area contributed by atoms with Gasteiger partial charge in [0.15, 0.2) is 0 Å². The van der Waals surface area contributed by atoms with Gasteiger partial charge in [0.2, 0.25) is 10.0 Å². The van der Waals surface area contributed by atoms with Gasteiger partial charge in [-0.3, -0.25) is 0 Å². The Balaban J connectivity index is 2.87. The van der Waals surface area contributed by atoms with Crippen molar-refractivity contribution in [1.29, 1.82) is 0 Å². The number of aliphatic hydroxyl groups is 1. The molecule has 1 aromatic rings. The Morgan fingerprint density at radius 3 is 2.19 bits per heavy atom. The fraction of sp³-hybridized carbons (Fsp3) is 0.455. The maximum absolute atomic E-state index is 11.7. The van der Waals surface area contributed by atoms with Crippen molar-refractivity contribution >= 4 is 10.0 Å². The van der Waals surface area contributed by atoms with Gasteiger partial charge in [0.25, 0.3) is 0 Å². The Labute approximate surface area is 96.6 Å². The molecule has 1 N–H and O–H groups in total. The molecule has 0 saturated carbocycles. The van der Waals surface area contributed by atoms with Crippen molar-refractivity contribution < 1.29 is 13.5 Å². The molecule has 0 radical (unpaired) electrons. The normalized spacial score (nSPS) is 12.0. The summed E-state index contributed by atoms with van der Waals surface area (Å²) < 4.78 is 24.7. The van der Waals surface area contributed by atoms with Crippen LogP contribution in [0, 0.1) is 0 Å². The van der Waals surface area contributed by atoms with Crippen LogP contribution in [0.1, 0.15) is 12.0 Å². The Hall–Kier alpha value is -0.910. The third-order valence-electron chi connectivity index (χ3n) is 2.33. The minimum atomic E-state index is -3.33. The summed E-state index contributed by atoms with van der Waals surface area (Å²) in [5.74, 6) is 0. The summed E-state index contributed by atoms with van der Waals surface area (Å²) in [6, 6.07) is 6.77. The molecule has 0 saturated heterocycles. The van der Waals surface area contributed by atoms with E-state index in [0.717, 1.165) is 12.0 Å². The van der Waals surface area contributed by atoms with Crippen molar-refractivity contribution in [2.45, 2.75) is 17.7 Å². The van der Waals surface area contributed by atoms with Crippen LogP contribution in [0.5, 0.6) is 0 Å². The first kappa shape index (κ1) is 13.2. The zero-order valence-electron chi connectivity index (χ0n) is 9.55. The Morgan fingerprint density at radius 1 is 1.19 bits per heavy atom. The minimum absolute atomic E-state index is 0.151. The lowest BCUT2D eigenvalue weighted by Crippen LogP contribution is -2.22. The molecule has 0 fully saturated rings. The van der Waals surface area contributed by atoms with Crippen LogP contribution in [0.4, 0.5) is 0 Å². The molecule has 0 bridgehead atoms. The molecule has 90 valence electrons. The topological polar surface area (TPSA) is 57.6 Å². The molecule has 1 rings (SSSR count). The second kappa shape index (κ2) is 5.43. The van der Waals surface area contributed by atoms with Crippen LogP contribution in [0.2, 0.25) is 0 Å². The van der Waals surface area contributed by atoms with E-state index in [9.17, 15) is 8.42 Å². The highest BCUT2D eigenvalue weighted by molar-refractivity contribution is 7.89. The highest BCUT2D eigenvalue weighted by Crippen LogP contribution is 2.14. The number of sulfonamides is 1. The second-order valence-electron chi connectivity index (χ2n) is 3.76. The van der Waals surface area contributed by atoms with Crippen LogP contribution < -0.4 is 0 Å². The van der Waals surface area contributed by atoms with Crippen LogP contribution in [-0.4, -0.2) is 38.5 Å². The predicted octanol–water partition coefficient (Wildman–Crippen LogP) is 0.862. The maximum Gasteiger partial charge on any atom is 0.242 e. The average molecular weight is 243 g/mol. The summed E-state index contributed by atoms with van der Waals surface area (Å²) in [6.07, 6.45) is 1.46. The molecule has 0 aliphatic heterocycles. The standard InChI is InChI=1S/C11H17NO3S/c1-12(2)16(14,15)11-7-5-10(6-8-11)4-3-9-13/h5-8,13H,3-4,9H2,1-2H3. The summed E-state index contributed by atoms with van der Waals surface area (Å²) >= 11 is 0. The Morgan fingerprint density at radius 2 is 1.75 bits per heavy atom. The van der Waals surface area contributed by atoms with Gasteiger partial charge in [0.05, 0.1) is 4.90 Å². The van der Waals surface area contributed by atoms with E-state index in [4.69, 9.17) is 5.11 Å². The van der Waals surface area contributed by atoms with Gasteiger partial charge in [-0.25, -0.2) is 12.7 Å². The van der Waals surface area contributed by atoms with E-state index < -0.39 is 10.0 Å². The molecule has 0 aliphatic carbocycles. The third kappa shape index (κ3) is 3.04. The zero-order chi connectivity index (χ0) is 12.2. The molecule has 0 atom stereocenters. The molecule has 0 heterocycles. The molecule has 0 unspecified atom stereocenters. The quantitative estimate of drug-likeness (QED) is 0.834. The summed E-state index contributed by atoms with van der Waals surface area (Å²) in [5, 5.41) is 8.68. The first-order chi connectivity index (χ1) is 7.48. The lowest BCUT2D eigenvalue weighted by molar-refractivity contribution is 0.288. The van der Waals surface area contributed by atoms with E-state index in [2.05, 4.69) is 0 Å². The maximum atomic E-state index is 11.7. The lowest BCUT2D eigenvalue weighted by atomic mass is 10.1. The number of nitrogens with zero attached hydrogens (tertiary/aromatic N) is 1. The van der Waals surface area contributed by atoms with Gasteiger partial charge in [0, 0.05) is 20.7 Å². The van der Waals surface area contributed by atoms with E-state index in [1.165, 1.54) is 18.4 Å². The second-order valence-corrected chi connectivity index (χ2v) is 5.91. The molecule has 1 aromatic carbocycles. The SMILES string of the molecule is CN(C)S(=O)(=O)c1ccc(CCCO)cc1. The monoisotopic (exact) mass is 243 g/mol. The van der Waals surface area contributed by atoms with Gasteiger partial charge >= 0.3 is 0 Å². The number of aliphatic hydroxyl groups excluding tert-OH is 1. The minimum Gasteiger partial charge on any atom is -0.396 e. The Kier molecular flexibility index (Phi) is 4.46. The van der Waals surface area contributed by atoms with E-state index in [0.29, 0.717) is 11.3 Å². The van der Waals surface area contributed by atoms with Gasteiger partial charge < -0.3 is 5.11 Å². The number of rotatable bonds is 5. The molecular formula is C11H17NO3S. The molecule has 0 aliphatic rings. The van der Waals surface area contributed by atoms with Crippen molar-refractivity contribution in [3.8, 4) is 0 Å². The largest absolute Gasteiger partial charge is 0.396 e.